The molecule has 166 valence electrons. The van der Waals surface area contributed by atoms with Crippen molar-refractivity contribution in [1.82, 2.24) is 0 Å². The van der Waals surface area contributed by atoms with E-state index >= 15 is 0 Å². The Hall–Kier alpha value is -2.90. The van der Waals surface area contributed by atoms with Crippen LogP contribution in [0.5, 0.6) is 0 Å². The van der Waals surface area contributed by atoms with Crippen molar-refractivity contribution in [3.05, 3.63) is 124 Å². The highest BCUT2D eigenvalue weighted by Crippen LogP contribution is 2.37. The van der Waals surface area contributed by atoms with Crippen molar-refractivity contribution in [2.75, 3.05) is 32.7 Å². The fourth-order valence-corrected chi connectivity index (χ4v) is 4.34. The average molecular weight is 437 g/mol. The molecule has 3 aromatic carbocycles. The summed E-state index contributed by atoms with van der Waals surface area (Å²) in [5.74, 6) is -0.772. The molecule has 6 heteroatoms. The van der Waals surface area contributed by atoms with Gasteiger partial charge in [-0.1, -0.05) is 36.4 Å². The van der Waals surface area contributed by atoms with Crippen LogP contribution in [-0.2, 0) is 0 Å². The lowest BCUT2D eigenvalue weighted by atomic mass is 9.95. The molecule has 32 heavy (non-hydrogen) atoms. The van der Waals surface area contributed by atoms with Crippen LogP contribution in [0.3, 0.4) is 0 Å². The number of piperazine rings is 1. The predicted octanol–water partition coefficient (Wildman–Crippen LogP) is 5.41. The van der Waals surface area contributed by atoms with Crippen molar-refractivity contribution in [3.8, 4) is 0 Å². The second kappa shape index (κ2) is 9.30. The van der Waals surface area contributed by atoms with Crippen LogP contribution in [0.4, 0.5) is 8.78 Å². The van der Waals surface area contributed by atoms with Crippen LogP contribution < -0.4 is 0 Å². The van der Waals surface area contributed by atoms with Gasteiger partial charge in [0.05, 0.1) is 6.54 Å². The molecule has 0 N–H and O–H groups in total. The van der Waals surface area contributed by atoms with Crippen molar-refractivity contribution < 1.29 is 18.1 Å². The molecule has 1 aliphatic rings. The topological polar surface area (TPSA) is 46.1 Å². The first-order valence-corrected chi connectivity index (χ1v) is 10.7. The van der Waals surface area contributed by atoms with Gasteiger partial charge >= 0.3 is 0 Å². The Bertz CT molecular complexity index is 1000. The highest BCUT2D eigenvalue weighted by atomic mass is 19.1. The molecule has 0 aliphatic carbocycles. The minimum Gasteiger partial charge on any atom is -0.632 e. The average Bonchev–Trinajstić information content (AvgIpc) is 2.80. The number of benzene rings is 3. The summed E-state index contributed by atoms with van der Waals surface area (Å²) in [6.45, 7) is 0.917. The maximum Gasteiger partial charge on any atom is 0.140 e. The van der Waals surface area contributed by atoms with E-state index in [4.69, 9.17) is 0 Å². The molecule has 4 nitrogen and oxygen atoms in total. The van der Waals surface area contributed by atoms with Crippen molar-refractivity contribution in [2.45, 2.75) is 6.04 Å². The van der Waals surface area contributed by atoms with Crippen LogP contribution in [0.2, 0.25) is 0 Å². The smallest absolute Gasteiger partial charge is 0.140 e. The predicted molar refractivity (Wildman–Crippen MR) is 122 cm³/mol. The molecular weight excluding hydrogens is 410 g/mol. The Morgan fingerprint density at radius 3 is 1.72 bits per heavy atom. The number of halogens is 2. The summed E-state index contributed by atoms with van der Waals surface area (Å²) in [5.41, 5.74) is 2.34. The van der Waals surface area contributed by atoms with E-state index in [1.165, 1.54) is 24.3 Å². The molecule has 1 heterocycles. The largest absolute Gasteiger partial charge is 0.632 e. The third-order valence-electron chi connectivity index (χ3n) is 6.16. The zero-order valence-electron chi connectivity index (χ0n) is 17.7. The molecule has 0 saturated carbocycles. The van der Waals surface area contributed by atoms with E-state index in [9.17, 15) is 19.2 Å². The van der Waals surface area contributed by atoms with Gasteiger partial charge in [0, 0.05) is 11.1 Å². The van der Waals surface area contributed by atoms with E-state index in [1.54, 1.807) is 24.3 Å². The van der Waals surface area contributed by atoms with Crippen molar-refractivity contribution >= 4 is 6.08 Å². The SMILES string of the molecule is [O-][N+]1(C/C=C/c2ccccc2)CC[N+]([O-])(C(c2ccc(F)cc2)c2ccc(F)cc2)CC1. The van der Waals surface area contributed by atoms with Crippen molar-refractivity contribution in [2.24, 2.45) is 0 Å². The highest BCUT2D eigenvalue weighted by molar-refractivity contribution is 5.48. The Balaban J connectivity index is 1.53. The van der Waals surface area contributed by atoms with Crippen LogP contribution >= 0.6 is 0 Å². The highest BCUT2D eigenvalue weighted by Gasteiger charge is 2.39. The molecule has 1 fully saturated rings. The van der Waals surface area contributed by atoms with E-state index in [2.05, 4.69) is 0 Å². The van der Waals surface area contributed by atoms with Gasteiger partial charge in [0.15, 0.2) is 0 Å². The molecule has 0 spiro atoms. The molecular formula is C26H26F2N2O2. The van der Waals surface area contributed by atoms with Crippen LogP contribution in [-0.4, -0.2) is 42.0 Å². The number of nitrogens with zero attached hydrogens (tertiary/aromatic N) is 2. The van der Waals surface area contributed by atoms with Gasteiger partial charge < -0.3 is 19.7 Å². The Labute approximate surface area is 187 Å². The molecule has 0 amide bonds. The van der Waals surface area contributed by atoms with Crippen LogP contribution in [0.1, 0.15) is 22.7 Å². The van der Waals surface area contributed by atoms with Gasteiger partial charge in [-0.2, -0.15) is 0 Å². The van der Waals surface area contributed by atoms with E-state index < -0.39 is 15.3 Å². The first-order chi connectivity index (χ1) is 15.4. The summed E-state index contributed by atoms with van der Waals surface area (Å²) in [7, 11) is 0. The van der Waals surface area contributed by atoms with Crippen LogP contribution in [0.15, 0.2) is 84.9 Å². The molecule has 1 aliphatic heterocycles. The molecule has 0 aromatic heterocycles. The monoisotopic (exact) mass is 436 g/mol. The molecule has 3 aromatic rings. The van der Waals surface area contributed by atoms with E-state index in [0.717, 1.165) is 5.56 Å². The third kappa shape index (κ3) is 5.11. The van der Waals surface area contributed by atoms with Gasteiger partial charge in [-0.25, -0.2) is 8.78 Å². The summed E-state index contributed by atoms with van der Waals surface area (Å²) >= 11 is 0. The standard InChI is InChI=1S/C26H26F2N2O2/c27-24-12-8-22(9-13-24)26(23-10-14-25(28)15-11-23)30(32)19-17-29(31,18-20-30)16-4-7-21-5-2-1-3-6-21/h1-15,26H,16-20H2/b7-4+. The molecule has 0 atom stereocenters. The normalized spacial score (nSPS) is 23.7. The van der Waals surface area contributed by atoms with Crippen molar-refractivity contribution in [1.29, 1.82) is 0 Å². The minimum atomic E-state index is -0.648. The van der Waals surface area contributed by atoms with Gasteiger partial charge in [0.2, 0.25) is 0 Å². The number of hydrogen-bond acceptors (Lipinski definition) is 2. The lowest BCUT2D eigenvalue weighted by molar-refractivity contribution is -0.998. The van der Waals surface area contributed by atoms with Crippen molar-refractivity contribution in [3.63, 3.8) is 0 Å². The summed E-state index contributed by atoms with van der Waals surface area (Å²) < 4.78 is 25.9. The molecule has 0 bridgehead atoms. The second-order valence-electron chi connectivity index (χ2n) is 8.41. The molecule has 0 unspecified atom stereocenters. The van der Waals surface area contributed by atoms with E-state index in [0.29, 0.717) is 17.7 Å². The van der Waals surface area contributed by atoms with Gasteiger partial charge in [-0.05, 0) is 60.2 Å². The van der Waals surface area contributed by atoms with Gasteiger partial charge in [0.1, 0.15) is 43.9 Å². The molecule has 0 radical (unpaired) electrons. The fraction of sp³-hybridized carbons (Fsp3) is 0.231. The summed E-state index contributed by atoms with van der Waals surface area (Å²) in [5, 5.41) is 27.2. The summed E-state index contributed by atoms with van der Waals surface area (Å²) in [6.07, 6.45) is 3.79. The van der Waals surface area contributed by atoms with Gasteiger partial charge in [-0.15, -0.1) is 0 Å². The summed E-state index contributed by atoms with van der Waals surface area (Å²) in [6, 6.07) is 20.8. The van der Waals surface area contributed by atoms with Gasteiger partial charge in [0.25, 0.3) is 0 Å². The quantitative estimate of drug-likeness (QED) is 0.383. The number of quaternary nitrogens is 2. The number of rotatable bonds is 6. The molecule has 4 rings (SSSR count). The lowest BCUT2D eigenvalue weighted by Gasteiger charge is -2.57. The van der Waals surface area contributed by atoms with E-state index in [-0.39, 0.29) is 37.8 Å². The first-order valence-electron chi connectivity index (χ1n) is 10.7. The Kier molecular flexibility index (Phi) is 6.48. The number of hydrogen-bond donors (Lipinski definition) is 0. The second-order valence-corrected chi connectivity index (χ2v) is 8.41. The maximum atomic E-state index is 14.0. The zero-order chi connectivity index (χ0) is 22.6. The van der Waals surface area contributed by atoms with E-state index in [1.807, 2.05) is 42.5 Å². The van der Waals surface area contributed by atoms with Crippen LogP contribution in [0.25, 0.3) is 6.08 Å². The summed E-state index contributed by atoms with van der Waals surface area (Å²) in [4.78, 5) is 0. The third-order valence-corrected chi connectivity index (χ3v) is 6.16. The fourth-order valence-electron chi connectivity index (χ4n) is 4.34. The molecule has 1 saturated heterocycles. The zero-order valence-corrected chi connectivity index (χ0v) is 17.7. The Morgan fingerprint density at radius 2 is 1.22 bits per heavy atom. The van der Waals surface area contributed by atoms with Gasteiger partial charge in [-0.3, -0.25) is 0 Å². The minimum absolute atomic E-state index is 0.127. The first kappa shape index (κ1) is 22.3. The Morgan fingerprint density at radius 1 is 0.719 bits per heavy atom. The van der Waals surface area contributed by atoms with Crippen LogP contribution in [0, 0.1) is 22.0 Å². The maximum absolute atomic E-state index is 14.0. The lowest BCUT2D eigenvalue weighted by Crippen LogP contribution is -2.63. The number of hydroxylamine groups is 6.